The molecule has 8 rings (SSSR count). The van der Waals surface area contributed by atoms with E-state index in [4.69, 9.17) is 0 Å². The van der Waals surface area contributed by atoms with Crippen molar-refractivity contribution in [3.63, 3.8) is 0 Å². The summed E-state index contributed by atoms with van der Waals surface area (Å²) in [5, 5.41) is 24.9. The van der Waals surface area contributed by atoms with Crippen LogP contribution in [0.2, 0.25) is 0 Å². The van der Waals surface area contributed by atoms with Crippen LogP contribution in [0.15, 0.2) is 109 Å². The first-order valence-electron chi connectivity index (χ1n) is 18.0. The van der Waals surface area contributed by atoms with Gasteiger partial charge in [-0.05, 0) is 113 Å². The van der Waals surface area contributed by atoms with Crippen molar-refractivity contribution in [3.05, 3.63) is 143 Å². The van der Waals surface area contributed by atoms with Crippen molar-refractivity contribution in [2.45, 2.75) is 66.2 Å². The van der Waals surface area contributed by atoms with Crippen molar-refractivity contribution in [1.29, 1.82) is 10.5 Å². The highest BCUT2D eigenvalue weighted by atomic mass is 15.0. The Hall–Kier alpha value is -6.10. The second-order valence-electron chi connectivity index (χ2n) is 16.3. The molecule has 0 aliphatic heterocycles. The van der Waals surface area contributed by atoms with Crippen molar-refractivity contribution in [1.82, 2.24) is 9.13 Å². The van der Waals surface area contributed by atoms with E-state index in [1.807, 2.05) is 12.1 Å². The Morgan fingerprint density at radius 3 is 1.58 bits per heavy atom. The minimum Gasteiger partial charge on any atom is -0.309 e. The molecule has 8 aromatic rings. The first kappa shape index (κ1) is 33.1. The lowest BCUT2D eigenvalue weighted by Crippen LogP contribution is -2.10. The number of nitrogens with zero attached hydrogens (tertiary/aromatic N) is 4. The molecule has 0 radical (unpaired) electrons. The third-order valence-corrected chi connectivity index (χ3v) is 10.7. The quantitative estimate of drug-likeness (QED) is 0.187. The predicted octanol–water partition coefficient (Wildman–Crippen LogP) is 12.5. The molecule has 0 aliphatic carbocycles. The summed E-state index contributed by atoms with van der Waals surface area (Å²) >= 11 is 0. The summed E-state index contributed by atoms with van der Waals surface area (Å²) in [7, 11) is 0. The van der Waals surface area contributed by atoms with Gasteiger partial charge in [0, 0.05) is 32.8 Å². The number of rotatable bonds is 3. The fourth-order valence-electron chi connectivity index (χ4n) is 7.97. The van der Waals surface area contributed by atoms with Crippen molar-refractivity contribution in [2.24, 2.45) is 0 Å². The molecule has 2 aromatic heterocycles. The lowest BCUT2D eigenvalue weighted by atomic mass is 9.85. The highest BCUT2D eigenvalue weighted by Crippen LogP contribution is 2.44. The summed E-state index contributed by atoms with van der Waals surface area (Å²) < 4.78 is 4.79. The average molecular weight is 675 g/mol. The summed E-state index contributed by atoms with van der Waals surface area (Å²) in [6.07, 6.45) is 0. The van der Waals surface area contributed by atoms with E-state index < -0.39 is 0 Å². The molecule has 0 spiro atoms. The van der Waals surface area contributed by atoms with Gasteiger partial charge in [-0.3, -0.25) is 0 Å². The fraction of sp³-hybridized carbons (Fsp3) is 0.208. The van der Waals surface area contributed by atoms with E-state index in [9.17, 15) is 10.5 Å². The van der Waals surface area contributed by atoms with Crippen molar-refractivity contribution in [3.8, 4) is 34.6 Å². The zero-order chi connectivity index (χ0) is 36.7. The Balaban J connectivity index is 1.57. The largest absolute Gasteiger partial charge is 0.309 e. The molecule has 2 heterocycles. The van der Waals surface area contributed by atoms with Crippen LogP contribution in [0, 0.1) is 36.5 Å². The predicted molar refractivity (Wildman–Crippen MR) is 217 cm³/mol. The SMILES string of the molecule is Cc1cccc(C)c1-n1c2ccccc2c2cc(-n3c4ccc(C(C)(C)C)cc4c4cc(C(C)(C)C)ccc43)cc(-c3cc(C#N)cc(C#N)c3)c21. The summed E-state index contributed by atoms with van der Waals surface area (Å²) in [4.78, 5) is 0. The first-order chi connectivity index (χ1) is 24.8. The fourth-order valence-corrected chi connectivity index (χ4v) is 7.97. The van der Waals surface area contributed by atoms with Crippen LogP contribution < -0.4 is 0 Å². The highest BCUT2D eigenvalue weighted by molar-refractivity contribution is 6.16. The Morgan fingerprint density at radius 1 is 0.500 bits per heavy atom. The zero-order valence-corrected chi connectivity index (χ0v) is 31.2. The minimum atomic E-state index is -0.00390. The van der Waals surface area contributed by atoms with E-state index in [1.54, 1.807) is 6.07 Å². The summed E-state index contributed by atoms with van der Waals surface area (Å²) in [6, 6.07) is 43.6. The van der Waals surface area contributed by atoms with Crippen LogP contribution in [-0.2, 0) is 10.8 Å². The Kier molecular flexibility index (Phi) is 7.46. The van der Waals surface area contributed by atoms with Gasteiger partial charge in [0.15, 0.2) is 0 Å². The van der Waals surface area contributed by atoms with E-state index in [1.165, 1.54) is 33.0 Å². The third-order valence-electron chi connectivity index (χ3n) is 10.7. The number of benzene rings is 6. The van der Waals surface area contributed by atoms with E-state index in [-0.39, 0.29) is 10.8 Å². The summed E-state index contributed by atoms with van der Waals surface area (Å²) in [6.45, 7) is 17.9. The van der Waals surface area contributed by atoms with Gasteiger partial charge in [-0.15, -0.1) is 0 Å². The van der Waals surface area contributed by atoms with Gasteiger partial charge >= 0.3 is 0 Å². The zero-order valence-electron chi connectivity index (χ0n) is 31.2. The van der Waals surface area contributed by atoms with Crippen LogP contribution >= 0.6 is 0 Å². The normalized spacial score (nSPS) is 12.2. The van der Waals surface area contributed by atoms with Crippen LogP contribution in [0.5, 0.6) is 0 Å². The van der Waals surface area contributed by atoms with E-state index in [0.717, 1.165) is 55.3 Å². The molecule has 254 valence electrons. The average Bonchev–Trinajstić information content (AvgIpc) is 3.62. The monoisotopic (exact) mass is 674 g/mol. The molecule has 0 N–H and O–H groups in total. The molecular weight excluding hydrogens is 633 g/mol. The second kappa shape index (κ2) is 11.7. The maximum atomic E-state index is 10.1. The molecule has 4 heteroatoms. The van der Waals surface area contributed by atoms with Crippen LogP contribution in [-0.4, -0.2) is 9.13 Å². The number of fused-ring (bicyclic) bond motifs is 6. The number of hydrogen-bond acceptors (Lipinski definition) is 2. The molecule has 6 aromatic carbocycles. The standard InChI is InChI=1S/C48H42N4/c1-29-12-11-13-30(2)45(29)52-42-15-10-9-14-37(42)41-26-36(25-38(46(41)52)33-21-31(27-49)20-32(22-33)28-50)51-43-18-16-34(47(3,4)5)23-39(43)40-24-35(48(6,7)8)17-19-44(40)51/h9-26H,1-8H3. The van der Waals surface area contributed by atoms with Crippen molar-refractivity contribution in [2.75, 3.05) is 0 Å². The van der Waals surface area contributed by atoms with Gasteiger partial charge in [0.25, 0.3) is 0 Å². The van der Waals surface area contributed by atoms with Crippen molar-refractivity contribution < 1.29 is 0 Å². The topological polar surface area (TPSA) is 57.4 Å². The van der Waals surface area contributed by atoms with E-state index in [0.29, 0.717) is 11.1 Å². The molecule has 0 saturated carbocycles. The number of para-hydroxylation sites is 2. The molecule has 4 nitrogen and oxygen atoms in total. The van der Waals surface area contributed by atoms with Gasteiger partial charge in [0.1, 0.15) is 0 Å². The van der Waals surface area contributed by atoms with Gasteiger partial charge < -0.3 is 9.13 Å². The molecule has 0 atom stereocenters. The highest BCUT2D eigenvalue weighted by Gasteiger charge is 2.24. The molecule has 0 fully saturated rings. The van der Waals surface area contributed by atoms with Crippen LogP contribution in [0.3, 0.4) is 0 Å². The lowest BCUT2D eigenvalue weighted by Gasteiger charge is -2.19. The maximum Gasteiger partial charge on any atom is 0.0992 e. The Morgan fingerprint density at radius 2 is 1.04 bits per heavy atom. The van der Waals surface area contributed by atoms with Gasteiger partial charge in [0.2, 0.25) is 0 Å². The molecule has 52 heavy (non-hydrogen) atoms. The molecule has 0 aliphatic rings. The maximum absolute atomic E-state index is 10.1. The van der Waals surface area contributed by atoms with E-state index in [2.05, 4.69) is 168 Å². The summed E-state index contributed by atoms with van der Waals surface area (Å²) in [5.41, 5.74) is 14.3. The van der Waals surface area contributed by atoms with Gasteiger partial charge in [0.05, 0.1) is 51.0 Å². The number of aromatic nitrogens is 2. The number of aryl methyl sites for hydroxylation is 2. The number of hydrogen-bond donors (Lipinski definition) is 0. The molecule has 0 bridgehead atoms. The molecule has 0 saturated heterocycles. The first-order valence-corrected chi connectivity index (χ1v) is 18.0. The second-order valence-corrected chi connectivity index (χ2v) is 16.3. The Bertz CT molecular complexity index is 2730. The van der Waals surface area contributed by atoms with Crippen LogP contribution in [0.1, 0.15) is 74.9 Å². The van der Waals surface area contributed by atoms with Crippen LogP contribution in [0.25, 0.3) is 66.1 Å². The summed E-state index contributed by atoms with van der Waals surface area (Å²) in [5.74, 6) is 0. The van der Waals surface area contributed by atoms with Gasteiger partial charge in [-0.25, -0.2) is 0 Å². The number of nitriles is 2. The molecular formula is C48H42N4. The van der Waals surface area contributed by atoms with E-state index >= 15 is 0 Å². The van der Waals surface area contributed by atoms with Gasteiger partial charge in [-0.2, -0.15) is 10.5 Å². The smallest absolute Gasteiger partial charge is 0.0992 e. The van der Waals surface area contributed by atoms with Crippen LogP contribution in [0.4, 0.5) is 0 Å². The Labute approximate surface area is 305 Å². The minimum absolute atomic E-state index is 0.00390. The van der Waals surface area contributed by atoms with Gasteiger partial charge in [-0.1, -0.05) is 90.1 Å². The molecule has 0 amide bonds. The third kappa shape index (κ3) is 5.18. The molecule has 0 unspecified atom stereocenters. The van der Waals surface area contributed by atoms with Crippen molar-refractivity contribution >= 4 is 43.6 Å². The lowest BCUT2D eigenvalue weighted by molar-refractivity contribution is 0.590.